The molecule has 0 saturated carbocycles. The molecule has 1 atom stereocenters. The van der Waals surface area contributed by atoms with Crippen LogP contribution in [0.1, 0.15) is 47.3 Å². The Morgan fingerprint density at radius 3 is 2.30 bits per heavy atom. The molecule has 6 nitrogen and oxygen atoms in total. The number of hydrogen-bond acceptors (Lipinski definition) is 5. The van der Waals surface area contributed by atoms with Crippen molar-refractivity contribution >= 4 is 33.4 Å². The second kappa shape index (κ2) is 9.01. The summed E-state index contributed by atoms with van der Waals surface area (Å²) in [7, 11) is 0. The number of rotatable bonds is 6. The Balaban J connectivity index is 1.93. The van der Waals surface area contributed by atoms with Crippen LogP contribution in [0.25, 0.3) is 10.2 Å². The normalized spacial score (nSPS) is 13.1. The van der Waals surface area contributed by atoms with Crippen molar-refractivity contribution in [3.8, 4) is 5.75 Å². The minimum atomic E-state index is -4.44. The van der Waals surface area contributed by atoms with Crippen molar-refractivity contribution in [1.29, 1.82) is 0 Å². The number of hydrogen-bond donors (Lipinski definition) is 2. The van der Waals surface area contributed by atoms with Gasteiger partial charge in [-0.3, -0.25) is 4.79 Å². The van der Waals surface area contributed by atoms with Gasteiger partial charge >= 0.3 is 12.1 Å². The first-order valence-electron chi connectivity index (χ1n) is 10.00. The molecule has 2 N–H and O–H groups in total. The molecule has 3 rings (SSSR count). The highest BCUT2D eigenvalue weighted by Gasteiger charge is 2.34. The third kappa shape index (κ3) is 5.62. The van der Waals surface area contributed by atoms with Gasteiger partial charge in [0.25, 0.3) is 5.91 Å². The third-order valence-electron chi connectivity index (χ3n) is 4.92. The van der Waals surface area contributed by atoms with E-state index >= 15 is 0 Å². The van der Waals surface area contributed by atoms with Gasteiger partial charge in [0.15, 0.2) is 5.75 Å². The number of aliphatic carboxylic acids is 1. The van der Waals surface area contributed by atoms with E-state index < -0.39 is 35.1 Å². The maximum absolute atomic E-state index is 13.0. The molecular formula is C23H23F3N2O4S. The first-order valence-corrected chi connectivity index (χ1v) is 10.8. The van der Waals surface area contributed by atoms with Crippen molar-refractivity contribution in [2.75, 3.05) is 0 Å². The number of benzene rings is 2. The Morgan fingerprint density at radius 2 is 1.76 bits per heavy atom. The van der Waals surface area contributed by atoms with E-state index in [1.807, 2.05) is 0 Å². The summed E-state index contributed by atoms with van der Waals surface area (Å²) in [6, 6.07) is 6.60. The number of aromatic nitrogens is 1. The van der Waals surface area contributed by atoms with Crippen LogP contribution in [0.4, 0.5) is 13.2 Å². The highest BCUT2D eigenvalue weighted by atomic mass is 32.1. The number of nitrogens with one attached hydrogen (secondary N) is 1. The van der Waals surface area contributed by atoms with E-state index in [4.69, 9.17) is 4.74 Å². The first-order chi connectivity index (χ1) is 15.3. The average molecular weight is 481 g/mol. The van der Waals surface area contributed by atoms with Crippen LogP contribution in [0.5, 0.6) is 5.75 Å². The van der Waals surface area contributed by atoms with E-state index in [9.17, 15) is 27.9 Å². The van der Waals surface area contributed by atoms with Crippen LogP contribution in [-0.4, -0.2) is 28.0 Å². The molecule has 0 aliphatic rings. The van der Waals surface area contributed by atoms with Crippen molar-refractivity contribution in [2.45, 2.75) is 46.5 Å². The van der Waals surface area contributed by atoms with Crippen LogP contribution < -0.4 is 10.1 Å². The fraction of sp³-hybridized carbons (Fsp3) is 0.348. The third-order valence-corrected chi connectivity index (χ3v) is 5.85. The van der Waals surface area contributed by atoms with Gasteiger partial charge in [-0.25, -0.2) is 9.78 Å². The predicted octanol–water partition coefficient (Wildman–Crippen LogP) is 5.43. The summed E-state index contributed by atoms with van der Waals surface area (Å²) in [5.41, 5.74) is -0.527. The minimum absolute atomic E-state index is 0.0928. The van der Waals surface area contributed by atoms with Crippen LogP contribution in [-0.2, 0) is 17.6 Å². The SMILES string of the molecule is Cc1nc2c(OCc3ccc(C(F)(F)F)cc3)c(C(=O)N[C@H](C(=O)O)C(C)(C)C)ccc2s1. The summed E-state index contributed by atoms with van der Waals surface area (Å²) in [5, 5.41) is 12.8. The molecule has 0 unspecified atom stereocenters. The Kier molecular flexibility index (Phi) is 6.69. The number of carboxylic acids is 1. The molecule has 0 bridgehead atoms. The second-order valence-electron chi connectivity index (χ2n) is 8.62. The van der Waals surface area contributed by atoms with E-state index in [1.54, 1.807) is 33.8 Å². The summed E-state index contributed by atoms with van der Waals surface area (Å²) in [5.74, 6) is -1.67. The van der Waals surface area contributed by atoms with E-state index in [-0.39, 0.29) is 17.9 Å². The van der Waals surface area contributed by atoms with Crippen LogP contribution in [0, 0.1) is 12.3 Å². The van der Waals surface area contributed by atoms with Crippen molar-refractivity contribution in [3.05, 3.63) is 58.1 Å². The number of aryl methyl sites for hydroxylation is 1. The number of nitrogens with zero attached hydrogens (tertiary/aromatic N) is 1. The van der Waals surface area contributed by atoms with Gasteiger partial charge in [-0.15, -0.1) is 11.3 Å². The van der Waals surface area contributed by atoms with E-state index in [1.165, 1.54) is 29.5 Å². The zero-order valence-corrected chi connectivity index (χ0v) is 19.2. The first kappa shape index (κ1) is 24.5. The molecule has 2 aromatic carbocycles. The van der Waals surface area contributed by atoms with Gasteiger partial charge < -0.3 is 15.2 Å². The van der Waals surface area contributed by atoms with E-state index in [0.717, 1.165) is 21.8 Å². The maximum Gasteiger partial charge on any atom is 0.416 e. The molecule has 1 aromatic heterocycles. The molecular weight excluding hydrogens is 457 g/mol. The molecule has 0 aliphatic carbocycles. The number of alkyl halides is 3. The predicted molar refractivity (Wildman–Crippen MR) is 118 cm³/mol. The molecule has 0 spiro atoms. The van der Waals surface area contributed by atoms with Gasteiger partial charge in [0.1, 0.15) is 18.2 Å². The molecule has 0 saturated heterocycles. The van der Waals surface area contributed by atoms with Crippen molar-refractivity contribution in [2.24, 2.45) is 5.41 Å². The largest absolute Gasteiger partial charge is 0.486 e. The quantitative estimate of drug-likeness (QED) is 0.491. The fourth-order valence-corrected chi connectivity index (χ4v) is 4.03. The Morgan fingerprint density at radius 1 is 1.12 bits per heavy atom. The fourth-order valence-electron chi connectivity index (χ4n) is 3.21. The zero-order valence-electron chi connectivity index (χ0n) is 18.4. The average Bonchev–Trinajstić information content (AvgIpc) is 3.09. The molecule has 33 heavy (non-hydrogen) atoms. The van der Waals surface area contributed by atoms with Crippen LogP contribution in [0.3, 0.4) is 0 Å². The number of carboxylic acid groups (broad SMARTS) is 1. The summed E-state index contributed by atoms with van der Waals surface area (Å²) in [6.45, 7) is 6.78. The van der Waals surface area contributed by atoms with Crippen LogP contribution >= 0.6 is 11.3 Å². The molecule has 0 aliphatic heterocycles. The number of amides is 1. The topological polar surface area (TPSA) is 88.5 Å². The van der Waals surface area contributed by atoms with Crippen LogP contribution in [0.15, 0.2) is 36.4 Å². The second-order valence-corrected chi connectivity index (χ2v) is 9.85. The van der Waals surface area contributed by atoms with Crippen molar-refractivity contribution < 1.29 is 32.6 Å². The lowest BCUT2D eigenvalue weighted by Gasteiger charge is -2.28. The van der Waals surface area contributed by atoms with Gasteiger partial charge in [0.05, 0.1) is 20.8 Å². The van der Waals surface area contributed by atoms with E-state index in [2.05, 4.69) is 10.3 Å². The number of fused-ring (bicyclic) bond motifs is 1. The molecule has 1 amide bonds. The number of carbonyl (C=O) groups is 2. The lowest BCUT2D eigenvalue weighted by atomic mass is 9.86. The number of halogens is 3. The van der Waals surface area contributed by atoms with Gasteiger partial charge in [-0.1, -0.05) is 32.9 Å². The van der Waals surface area contributed by atoms with Crippen molar-refractivity contribution in [3.63, 3.8) is 0 Å². The molecule has 0 radical (unpaired) electrons. The number of carbonyl (C=O) groups excluding carboxylic acids is 1. The zero-order chi connectivity index (χ0) is 24.6. The molecule has 1 heterocycles. The summed E-state index contributed by atoms with van der Waals surface area (Å²) < 4.78 is 45.1. The summed E-state index contributed by atoms with van der Waals surface area (Å²) in [4.78, 5) is 29.2. The Labute approximate surface area is 192 Å². The smallest absolute Gasteiger partial charge is 0.416 e. The minimum Gasteiger partial charge on any atom is -0.486 e. The maximum atomic E-state index is 13.0. The molecule has 0 fully saturated rings. The van der Waals surface area contributed by atoms with Gasteiger partial charge in [-0.2, -0.15) is 13.2 Å². The monoisotopic (exact) mass is 480 g/mol. The highest BCUT2D eigenvalue weighted by Crippen LogP contribution is 2.34. The van der Waals surface area contributed by atoms with Gasteiger partial charge in [-0.05, 0) is 42.2 Å². The van der Waals surface area contributed by atoms with Crippen molar-refractivity contribution in [1.82, 2.24) is 10.3 Å². The Hall–Kier alpha value is -3.14. The summed E-state index contributed by atoms with van der Waals surface area (Å²) >= 11 is 1.39. The number of ether oxygens (including phenoxy) is 1. The van der Waals surface area contributed by atoms with Crippen LogP contribution in [0.2, 0.25) is 0 Å². The lowest BCUT2D eigenvalue weighted by molar-refractivity contribution is -0.142. The van der Waals surface area contributed by atoms with E-state index in [0.29, 0.717) is 11.1 Å². The molecule has 10 heteroatoms. The lowest BCUT2D eigenvalue weighted by Crippen LogP contribution is -2.49. The highest BCUT2D eigenvalue weighted by molar-refractivity contribution is 7.18. The standard InChI is InChI=1S/C23H23F3N2O4S/c1-12-27-17-16(33-12)10-9-15(20(29)28-19(21(30)31)22(2,3)4)18(17)32-11-13-5-7-14(8-6-13)23(24,25)26/h5-10,19H,11H2,1-4H3,(H,28,29)(H,30,31)/t19-/m1/s1. The number of thiazole rings is 1. The van der Waals surface area contributed by atoms with Gasteiger partial charge in [0.2, 0.25) is 0 Å². The Bertz CT molecular complexity index is 1180. The molecule has 3 aromatic rings. The van der Waals surface area contributed by atoms with Gasteiger partial charge in [0, 0.05) is 0 Å². The summed E-state index contributed by atoms with van der Waals surface area (Å²) in [6.07, 6.45) is -4.44. The molecule has 176 valence electrons.